The Bertz CT molecular complexity index is 494. The van der Waals surface area contributed by atoms with Crippen LogP contribution in [0.3, 0.4) is 0 Å². The van der Waals surface area contributed by atoms with Gasteiger partial charge in [0.2, 0.25) is 0 Å². The minimum Gasteiger partial charge on any atom is -0.398 e. The lowest BCUT2D eigenvalue weighted by molar-refractivity contribution is 0.626. The number of anilines is 1. The third kappa shape index (κ3) is 2.61. The van der Waals surface area contributed by atoms with E-state index in [0.717, 1.165) is 15.6 Å². The first-order valence-corrected chi connectivity index (χ1v) is 5.73. The van der Waals surface area contributed by atoms with Gasteiger partial charge < -0.3 is 5.73 Å². The minimum atomic E-state index is -0.249. The fourth-order valence-corrected chi connectivity index (χ4v) is 1.81. The molecule has 0 aliphatic carbocycles. The van der Waals surface area contributed by atoms with E-state index >= 15 is 0 Å². The van der Waals surface area contributed by atoms with E-state index in [9.17, 15) is 4.39 Å². The molecule has 0 radical (unpaired) electrons. The van der Waals surface area contributed by atoms with Crippen molar-refractivity contribution in [2.24, 2.45) is 0 Å². The van der Waals surface area contributed by atoms with Crippen molar-refractivity contribution in [3.8, 4) is 0 Å². The zero-order valence-electron chi connectivity index (χ0n) is 8.58. The SMILES string of the molecule is Nc1ccc(F)cc1Cc1ccc(Br)cc1. The summed E-state index contributed by atoms with van der Waals surface area (Å²) in [7, 11) is 0. The maximum absolute atomic E-state index is 13.1. The van der Waals surface area contributed by atoms with Gasteiger partial charge in [-0.15, -0.1) is 0 Å². The van der Waals surface area contributed by atoms with Crippen LogP contribution >= 0.6 is 15.9 Å². The minimum absolute atomic E-state index is 0.249. The number of rotatable bonds is 2. The van der Waals surface area contributed by atoms with Crippen molar-refractivity contribution < 1.29 is 4.39 Å². The number of nitrogens with two attached hydrogens (primary N) is 1. The molecule has 2 N–H and O–H groups in total. The molecular formula is C13H11BrFN. The number of halogens is 2. The highest BCUT2D eigenvalue weighted by Gasteiger charge is 2.02. The molecule has 0 aliphatic heterocycles. The fraction of sp³-hybridized carbons (Fsp3) is 0.0769. The Labute approximate surface area is 102 Å². The van der Waals surface area contributed by atoms with Crippen molar-refractivity contribution in [1.29, 1.82) is 0 Å². The second-order valence-electron chi connectivity index (χ2n) is 3.65. The smallest absolute Gasteiger partial charge is 0.123 e. The van der Waals surface area contributed by atoms with E-state index in [2.05, 4.69) is 15.9 Å². The van der Waals surface area contributed by atoms with Gasteiger partial charge in [0.25, 0.3) is 0 Å². The standard InChI is InChI=1S/C13H11BrFN/c14-11-3-1-9(2-4-11)7-10-8-12(15)5-6-13(10)16/h1-6,8H,7,16H2. The number of benzene rings is 2. The van der Waals surface area contributed by atoms with Crippen molar-refractivity contribution in [3.05, 3.63) is 63.9 Å². The van der Waals surface area contributed by atoms with E-state index in [1.54, 1.807) is 6.07 Å². The number of hydrogen-bond acceptors (Lipinski definition) is 1. The van der Waals surface area contributed by atoms with Crippen molar-refractivity contribution in [1.82, 2.24) is 0 Å². The maximum atomic E-state index is 13.1. The number of hydrogen-bond donors (Lipinski definition) is 1. The molecule has 0 aromatic heterocycles. The molecule has 1 nitrogen and oxygen atoms in total. The van der Waals surface area contributed by atoms with Crippen LogP contribution in [-0.4, -0.2) is 0 Å². The van der Waals surface area contributed by atoms with Gasteiger partial charge in [-0.05, 0) is 47.9 Å². The zero-order chi connectivity index (χ0) is 11.5. The molecule has 0 fully saturated rings. The van der Waals surface area contributed by atoms with Crippen LogP contribution in [0.1, 0.15) is 11.1 Å². The molecule has 0 aliphatic rings. The van der Waals surface area contributed by atoms with E-state index in [0.29, 0.717) is 12.1 Å². The van der Waals surface area contributed by atoms with E-state index < -0.39 is 0 Å². The van der Waals surface area contributed by atoms with Gasteiger partial charge >= 0.3 is 0 Å². The molecule has 16 heavy (non-hydrogen) atoms. The van der Waals surface area contributed by atoms with Gasteiger partial charge in [-0.1, -0.05) is 28.1 Å². The Hall–Kier alpha value is -1.35. The molecule has 82 valence electrons. The Morgan fingerprint density at radius 1 is 1.06 bits per heavy atom. The molecule has 0 atom stereocenters. The normalized spacial score (nSPS) is 10.4. The zero-order valence-corrected chi connectivity index (χ0v) is 10.2. The topological polar surface area (TPSA) is 26.0 Å². The van der Waals surface area contributed by atoms with Crippen molar-refractivity contribution in [3.63, 3.8) is 0 Å². The Morgan fingerprint density at radius 2 is 1.75 bits per heavy atom. The predicted octanol–water partition coefficient (Wildman–Crippen LogP) is 3.76. The lowest BCUT2D eigenvalue weighted by atomic mass is 10.0. The van der Waals surface area contributed by atoms with Gasteiger partial charge in [-0.2, -0.15) is 0 Å². The third-order valence-corrected chi connectivity index (χ3v) is 2.94. The van der Waals surface area contributed by atoms with Crippen LogP contribution in [-0.2, 0) is 6.42 Å². The summed E-state index contributed by atoms with van der Waals surface area (Å²) < 4.78 is 14.1. The van der Waals surface area contributed by atoms with Gasteiger partial charge in [-0.25, -0.2) is 4.39 Å². The Balaban J connectivity index is 2.26. The third-order valence-electron chi connectivity index (χ3n) is 2.41. The fourth-order valence-electron chi connectivity index (χ4n) is 1.55. The van der Waals surface area contributed by atoms with Crippen LogP contribution < -0.4 is 5.73 Å². The van der Waals surface area contributed by atoms with Crippen LogP contribution in [0.15, 0.2) is 46.9 Å². The lowest BCUT2D eigenvalue weighted by Gasteiger charge is -2.06. The molecule has 0 spiro atoms. The molecule has 2 aromatic carbocycles. The Kier molecular flexibility index (Phi) is 3.25. The van der Waals surface area contributed by atoms with Gasteiger partial charge in [0.1, 0.15) is 5.82 Å². The lowest BCUT2D eigenvalue weighted by Crippen LogP contribution is -1.96. The van der Waals surface area contributed by atoms with Crippen molar-refractivity contribution in [2.45, 2.75) is 6.42 Å². The van der Waals surface area contributed by atoms with Crippen molar-refractivity contribution >= 4 is 21.6 Å². The molecule has 0 unspecified atom stereocenters. The van der Waals surface area contributed by atoms with Crippen LogP contribution in [0.4, 0.5) is 10.1 Å². The highest BCUT2D eigenvalue weighted by Crippen LogP contribution is 2.19. The highest BCUT2D eigenvalue weighted by molar-refractivity contribution is 9.10. The molecule has 0 heterocycles. The molecule has 0 bridgehead atoms. The molecule has 2 rings (SSSR count). The van der Waals surface area contributed by atoms with E-state index in [1.165, 1.54) is 12.1 Å². The van der Waals surface area contributed by atoms with E-state index in [-0.39, 0.29) is 5.82 Å². The van der Waals surface area contributed by atoms with Crippen LogP contribution in [0.5, 0.6) is 0 Å². The average molecular weight is 280 g/mol. The van der Waals surface area contributed by atoms with Gasteiger partial charge in [0.15, 0.2) is 0 Å². The van der Waals surface area contributed by atoms with Crippen LogP contribution in [0, 0.1) is 5.82 Å². The molecular weight excluding hydrogens is 269 g/mol. The summed E-state index contributed by atoms with van der Waals surface area (Å²) in [5.74, 6) is -0.249. The van der Waals surface area contributed by atoms with Gasteiger partial charge in [0, 0.05) is 10.2 Å². The summed E-state index contributed by atoms with van der Waals surface area (Å²) in [5, 5.41) is 0. The summed E-state index contributed by atoms with van der Waals surface area (Å²) >= 11 is 3.37. The second kappa shape index (κ2) is 4.66. The number of nitrogen functional groups attached to an aromatic ring is 1. The molecule has 0 amide bonds. The average Bonchev–Trinajstić information content (AvgIpc) is 2.27. The maximum Gasteiger partial charge on any atom is 0.123 e. The molecule has 0 saturated carbocycles. The summed E-state index contributed by atoms with van der Waals surface area (Å²) in [5.41, 5.74) is 8.35. The van der Waals surface area contributed by atoms with Gasteiger partial charge in [-0.3, -0.25) is 0 Å². The Morgan fingerprint density at radius 3 is 2.44 bits per heavy atom. The monoisotopic (exact) mass is 279 g/mol. The summed E-state index contributed by atoms with van der Waals surface area (Å²) in [6.45, 7) is 0. The molecule has 2 aromatic rings. The molecule has 0 saturated heterocycles. The summed E-state index contributed by atoms with van der Waals surface area (Å²) in [4.78, 5) is 0. The summed E-state index contributed by atoms with van der Waals surface area (Å²) in [6, 6.07) is 12.4. The van der Waals surface area contributed by atoms with E-state index in [4.69, 9.17) is 5.73 Å². The predicted molar refractivity (Wildman–Crippen MR) is 67.8 cm³/mol. The second-order valence-corrected chi connectivity index (χ2v) is 4.56. The van der Waals surface area contributed by atoms with E-state index in [1.807, 2.05) is 24.3 Å². The van der Waals surface area contributed by atoms with Crippen molar-refractivity contribution in [2.75, 3.05) is 5.73 Å². The molecule has 3 heteroatoms. The largest absolute Gasteiger partial charge is 0.398 e. The quantitative estimate of drug-likeness (QED) is 0.833. The van der Waals surface area contributed by atoms with Crippen LogP contribution in [0.2, 0.25) is 0 Å². The van der Waals surface area contributed by atoms with Gasteiger partial charge in [0.05, 0.1) is 0 Å². The summed E-state index contributed by atoms with van der Waals surface area (Å²) in [6.07, 6.45) is 0.650. The first kappa shape index (κ1) is 11.1. The highest BCUT2D eigenvalue weighted by atomic mass is 79.9. The first-order valence-electron chi connectivity index (χ1n) is 4.93. The van der Waals surface area contributed by atoms with Crippen LogP contribution in [0.25, 0.3) is 0 Å². The first-order chi connectivity index (χ1) is 7.65.